The van der Waals surface area contributed by atoms with Gasteiger partial charge in [0, 0.05) is 24.3 Å². The third-order valence-electron chi connectivity index (χ3n) is 5.37. The van der Waals surface area contributed by atoms with Crippen LogP contribution in [0.25, 0.3) is 0 Å². The lowest BCUT2D eigenvalue weighted by molar-refractivity contribution is -0.709. The Kier molecular flexibility index (Phi) is 8.58. The number of rotatable bonds is 10. The predicted molar refractivity (Wildman–Crippen MR) is 121 cm³/mol. The van der Waals surface area contributed by atoms with Crippen LogP contribution in [-0.4, -0.2) is 37.8 Å². The summed E-state index contributed by atoms with van der Waals surface area (Å²) in [5, 5.41) is 4.92. The van der Waals surface area contributed by atoms with Crippen molar-refractivity contribution in [2.75, 3.05) is 18.4 Å². The molecule has 0 aromatic heterocycles. The molecule has 2 aromatic rings. The summed E-state index contributed by atoms with van der Waals surface area (Å²) in [6.07, 6.45) is 0.963. The first kappa shape index (κ1) is 24.1. The van der Waals surface area contributed by atoms with E-state index in [9.17, 15) is 13.2 Å². The summed E-state index contributed by atoms with van der Waals surface area (Å²) in [7, 11) is -3.46. The number of hydrogen-bond donors (Lipinski definition) is 2. The molecule has 0 fully saturated rings. The summed E-state index contributed by atoms with van der Waals surface area (Å²) in [5.74, 6) is -0.0631. The van der Waals surface area contributed by atoms with Crippen molar-refractivity contribution < 1.29 is 18.5 Å². The van der Waals surface area contributed by atoms with Crippen molar-refractivity contribution in [3.05, 3.63) is 59.7 Å². The van der Waals surface area contributed by atoms with Crippen LogP contribution in [0.5, 0.6) is 0 Å². The summed E-state index contributed by atoms with van der Waals surface area (Å²) in [4.78, 5) is 12.8. The summed E-state index contributed by atoms with van der Waals surface area (Å²) >= 11 is 0. The number of sulfonamides is 1. The second kappa shape index (κ2) is 10.7. The Morgan fingerprint density at radius 2 is 1.53 bits per heavy atom. The molecule has 0 aliphatic carbocycles. The molecule has 0 bridgehead atoms. The topological polar surface area (TPSA) is 83.1 Å². The van der Waals surface area contributed by atoms with Gasteiger partial charge in [-0.2, -0.15) is 4.31 Å². The van der Waals surface area contributed by atoms with Crippen LogP contribution in [0.4, 0.5) is 5.69 Å². The normalized spacial score (nSPS) is 13.8. The molecular formula is C23H34N3O3S+. The lowest BCUT2D eigenvalue weighted by Crippen LogP contribution is -2.91. The van der Waals surface area contributed by atoms with Crippen molar-refractivity contribution in [2.45, 2.75) is 58.0 Å². The molecule has 0 heterocycles. The number of quaternary nitrogens is 1. The van der Waals surface area contributed by atoms with Crippen molar-refractivity contribution >= 4 is 21.6 Å². The predicted octanol–water partition coefficient (Wildman–Crippen LogP) is 2.93. The second-order valence-electron chi connectivity index (χ2n) is 7.47. The van der Waals surface area contributed by atoms with E-state index in [1.54, 1.807) is 12.1 Å². The van der Waals surface area contributed by atoms with Gasteiger partial charge >= 0.3 is 0 Å². The van der Waals surface area contributed by atoms with E-state index in [-0.39, 0.29) is 18.0 Å². The maximum Gasteiger partial charge on any atom is 0.282 e. The van der Waals surface area contributed by atoms with Gasteiger partial charge in [0.15, 0.2) is 6.04 Å². The number of anilines is 1. The van der Waals surface area contributed by atoms with E-state index in [2.05, 4.69) is 12.2 Å². The average Bonchev–Trinajstić information content (AvgIpc) is 2.75. The Hall–Kier alpha value is -2.22. The number of carbonyl (C=O) groups excluding carboxylic acids is 1. The number of aryl methyl sites for hydroxylation is 1. The fourth-order valence-electron chi connectivity index (χ4n) is 3.37. The molecule has 2 atom stereocenters. The zero-order valence-corrected chi connectivity index (χ0v) is 19.4. The molecule has 3 N–H and O–H groups in total. The van der Waals surface area contributed by atoms with Gasteiger partial charge in [-0.15, -0.1) is 0 Å². The standard InChI is InChI=1S/C23H33N3O3S/c1-6-19-9-13-21(14-10-19)25-23(27)18(5)24-17(4)20-11-15-22(16-12-20)30(28,29)26(7-2)8-3/h9-18,24H,6-8H2,1-5H3,(H,25,27)/p+1/t17-,18+/m0/s1. The molecule has 1 amide bonds. The highest BCUT2D eigenvalue weighted by Gasteiger charge is 2.23. The lowest BCUT2D eigenvalue weighted by Gasteiger charge is -2.20. The molecule has 0 saturated carbocycles. The SMILES string of the molecule is CCc1ccc(NC(=O)[C@@H](C)[NH2+][C@@H](C)c2ccc(S(=O)(=O)N(CC)CC)cc2)cc1. The summed E-state index contributed by atoms with van der Waals surface area (Å²) in [6.45, 7) is 10.5. The van der Waals surface area contributed by atoms with Crippen LogP contribution in [-0.2, 0) is 21.2 Å². The minimum atomic E-state index is -3.46. The van der Waals surface area contributed by atoms with Gasteiger partial charge in [0.05, 0.1) is 4.90 Å². The Labute approximate surface area is 180 Å². The smallest absolute Gasteiger partial charge is 0.282 e. The van der Waals surface area contributed by atoms with E-state index in [0.717, 1.165) is 17.7 Å². The molecular weight excluding hydrogens is 398 g/mol. The Morgan fingerprint density at radius 3 is 2.03 bits per heavy atom. The van der Waals surface area contributed by atoms with Crippen LogP contribution in [0, 0.1) is 0 Å². The molecule has 6 nitrogen and oxygen atoms in total. The van der Waals surface area contributed by atoms with E-state index < -0.39 is 10.0 Å². The van der Waals surface area contributed by atoms with E-state index in [1.165, 1.54) is 9.87 Å². The van der Waals surface area contributed by atoms with Gasteiger partial charge in [-0.25, -0.2) is 8.42 Å². The van der Waals surface area contributed by atoms with Gasteiger partial charge in [0.1, 0.15) is 6.04 Å². The largest absolute Gasteiger partial charge is 0.330 e. The zero-order valence-electron chi connectivity index (χ0n) is 18.6. The van der Waals surface area contributed by atoms with Crippen LogP contribution in [0.3, 0.4) is 0 Å². The molecule has 30 heavy (non-hydrogen) atoms. The molecule has 0 saturated heterocycles. The van der Waals surface area contributed by atoms with Gasteiger partial charge in [0.2, 0.25) is 10.0 Å². The molecule has 0 aliphatic heterocycles. The fraction of sp³-hybridized carbons (Fsp3) is 0.435. The molecule has 2 aromatic carbocycles. The van der Waals surface area contributed by atoms with E-state index in [0.29, 0.717) is 18.0 Å². The quantitative estimate of drug-likeness (QED) is 0.606. The average molecular weight is 433 g/mol. The molecule has 164 valence electrons. The van der Waals surface area contributed by atoms with Crippen molar-refractivity contribution in [1.82, 2.24) is 4.31 Å². The summed E-state index contributed by atoms with van der Waals surface area (Å²) < 4.78 is 26.7. The lowest BCUT2D eigenvalue weighted by atomic mass is 10.1. The van der Waals surface area contributed by atoms with Gasteiger partial charge in [-0.3, -0.25) is 4.79 Å². The first-order valence-corrected chi connectivity index (χ1v) is 12.0. The zero-order chi connectivity index (χ0) is 22.3. The number of nitrogens with one attached hydrogen (secondary N) is 1. The highest BCUT2D eigenvalue weighted by Crippen LogP contribution is 2.18. The minimum Gasteiger partial charge on any atom is -0.330 e. The van der Waals surface area contributed by atoms with Crippen molar-refractivity contribution in [2.24, 2.45) is 0 Å². The minimum absolute atomic E-state index is 0.0124. The molecule has 0 aliphatic rings. The molecule has 2 rings (SSSR count). The van der Waals surface area contributed by atoms with Crippen LogP contribution in [0.1, 0.15) is 51.8 Å². The molecule has 0 unspecified atom stereocenters. The van der Waals surface area contributed by atoms with E-state index in [1.807, 2.05) is 69.4 Å². The number of amides is 1. The van der Waals surface area contributed by atoms with Gasteiger partial charge < -0.3 is 10.6 Å². The van der Waals surface area contributed by atoms with Crippen LogP contribution >= 0.6 is 0 Å². The number of benzene rings is 2. The first-order valence-electron chi connectivity index (χ1n) is 10.6. The molecule has 7 heteroatoms. The highest BCUT2D eigenvalue weighted by molar-refractivity contribution is 7.89. The van der Waals surface area contributed by atoms with Gasteiger partial charge in [-0.05, 0) is 50.1 Å². The van der Waals surface area contributed by atoms with Crippen LogP contribution in [0.2, 0.25) is 0 Å². The number of carbonyl (C=O) groups is 1. The monoisotopic (exact) mass is 432 g/mol. The third kappa shape index (κ3) is 5.90. The van der Waals surface area contributed by atoms with E-state index in [4.69, 9.17) is 0 Å². The second-order valence-corrected chi connectivity index (χ2v) is 9.41. The van der Waals surface area contributed by atoms with Crippen LogP contribution in [0.15, 0.2) is 53.4 Å². The van der Waals surface area contributed by atoms with Crippen molar-refractivity contribution in [1.29, 1.82) is 0 Å². The number of nitrogens with two attached hydrogens (primary N) is 1. The number of nitrogens with zero attached hydrogens (tertiary/aromatic N) is 1. The Morgan fingerprint density at radius 1 is 0.967 bits per heavy atom. The molecule has 0 spiro atoms. The van der Waals surface area contributed by atoms with Crippen molar-refractivity contribution in [3.8, 4) is 0 Å². The van der Waals surface area contributed by atoms with Gasteiger partial charge in [0.25, 0.3) is 5.91 Å². The van der Waals surface area contributed by atoms with Gasteiger partial charge in [-0.1, -0.05) is 45.0 Å². The van der Waals surface area contributed by atoms with Crippen LogP contribution < -0.4 is 10.6 Å². The van der Waals surface area contributed by atoms with E-state index >= 15 is 0 Å². The fourth-order valence-corrected chi connectivity index (χ4v) is 4.83. The Balaban J connectivity index is 2.00. The maximum atomic E-state index is 12.6. The maximum absolute atomic E-state index is 12.6. The molecule has 0 radical (unpaired) electrons. The summed E-state index contributed by atoms with van der Waals surface area (Å²) in [6, 6.07) is 14.5. The summed E-state index contributed by atoms with van der Waals surface area (Å²) in [5.41, 5.74) is 2.99. The van der Waals surface area contributed by atoms with Crippen molar-refractivity contribution in [3.63, 3.8) is 0 Å². The third-order valence-corrected chi connectivity index (χ3v) is 7.43. The number of hydrogen-bond acceptors (Lipinski definition) is 3. The Bertz CT molecular complexity index is 921. The highest BCUT2D eigenvalue weighted by atomic mass is 32.2. The first-order chi connectivity index (χ1) is 14.2.